The number of nitrogens with one attached hydrogen (secondary N) is 1. The maximum absolute atomic E-state index is 12.5. The zero-order chi connectivity index (χ0) is 14.6. The Bertz CT molecular complexity index is 357. The third kappa shape index (κ3) is 3.32. The highest BCUT2D eigenvalue weighted by Crippen LogP contribution is 2.42. The third-order valence-corrected chi connectivity index (χ3v) is 4.79. The lowest BCUT2D eigenvalue weighted by molar-refractivity contribution is -0.147. The van der Waals surface area contributed by atoms with Crippen molar-refractivity contribution in [3.63, 3.8) is 0 Å². The van der Waals surface area contributed by atoms with Crippen LogP contribution in [0.1, 0.15) is 51.9 Å². The molecule has 1 amide bonds. The van der Waals surface area contributed by atoms with Crippen molar-refractivity contribution in [2.24, 2.45) is 11.3 Å². The van der Waals surface area contributed by atoms with Crippen LogP contribution < -0.4 is 5.32 Å². The molecule has 114 valence electrons. The molecule has 0 aromatic rings. The molecule has 0 heterocycles. The summed E-state index contributed by atoms with van der Waals surface area (Å²) in [5, 5.41) is 11.9. The molecule has 5 heteroatoms. The molecule has 0 aliphatic heterocycles. The van der Waals surface area contributed by atoms with E-state index in [1.807, 2.05) is 6.92 Å². The van der Waals surface area contributed by atoms with Gasteiger partial charge in [-0.05, 0) is 39.0 Å². The number of amides is 1. The van der Waals surface area contributed by atoms with Gasteiger partial charge in [0.25, 0.3) is 0 Å². The van der Waals surface area contributed by atoms with E-state index in [0.717, 1.165) is 32.1 Å². The summed E-state index contributed by atoms with van der Waals surface area (Å²) in [6.45, 7) is 3.27. The lowest BCUT2D eigenvalue weighted by Gasteiger charge is -2.36. The number of carbonyl (C=O) groups is 2. The highest BCUT2D eigenvalue weighted by molar-refractivity contribution is 5.83. The molecule has 0 saturated heterocycles. The van der Waals surface area contributed by atoms with E-state index >= 15 is 0 Å². The van der Waals surface area contributed by atoms with Crippen molar-refractivity contribution < 1.29 is 19.4 Å². The zero-order valence-electron chi connectivity index (χ0n) is 12.2. The highest BCUT2D eigenvalue weighted by atomic mass is 16.5. The Labute approximate surface area is 120 Å². The first-order valence-electron chi connectivity index (χ1n) is 7.69. The van der Waals surface area contributed by atoms with E-state index in [1.165, 1.54) is 0 Å². The average Bonchev–Trinajstić information content (AvgIpc) is 2.83. The van der Waals surface area contributed by atoms with E-state index in [0.29, 0.717) is 26.1 Å². The first-order chi connectivity index (χ1) is 9.57. The second-order valence-electron chi connectivity index (χ2n) is 6.11. The lowest BCUT2D eigenvalue weighted by Crippen LogP contribution is -2.51. The van der Waals surface area contributed by atoms with Crippen molar-refractivity contribution >= 4 is 11.9 Å². The van der Waals surface area contributed by atoms with Gasteiger partial charge in [-0.25, -0.2) is 0 Å². The van der Waals surface area contributed by atoms with Gasteiger partial charge in [-0.3, -0.25) is 9.59 Å². The molecular formula is C15H25NO4. The first-order valence-corrected chi connectivity index (χ1v) is 7.69. The number of hydrogen-bond donors (Lipinski definition) is 2. The van der Waals surface area contributed by atoms with Crippen LogP contribution in [0.2, 0.25) is 0 Å². The summed E-state index contributed by atoms with van der Waals surface area (Å²) >= 11 is 0. The molecule has 0 atom stereocenters. The molecule has 2 aliphatic rings. The molecule has 2 fully saturated rings. The second-order valence-corrected chi connectivity index (χ2v) is 6.11. The van der Waals surface area contributed by atoms with Gasteiger partial charge < -0.3 is 15.2 Å². The molecule has 0 radical (unpaired) electrons. The van der Waals surface area contributed by atoms with E-state index in [2.05, 4.69) is 5.32 Å². The monoisotopic (exact) mass is 283 g/mol. The molecule has 2 N–H and O–H groups in total. The Morgan fingerprint density at radius 2 is 1.95 bits per heavy atom. The molecule has 2 saturated carbocycles. The number of ether oxygens (including phenoxy) is 1. The molecule has 2 rings (SSSR count). The van der Waals surface area contributed by atoms with Gasteiger partial charge in [0, 0.05) is 19.3 Å². The summed E-state index contributed by atoms with van der Waals surface area (Å²) in [5.41, 5.74) is -0.274. The van der Waals surface area contributed by atoms with Gasteiger partial charge in [0.1, 0.15) is 0 Å². The summed E-state index contributed by atoms with van der Waals surface area (Å²) in [7, 11) is 0. The SMILES string of the molecule is CCOCCC1(C(=O)NC2CC(C(=O)O)C2)CCCC1. The maximum Gasteiger partial charge on any atom is 0.306 e. The normalized spacial score (nSPS) is 27.9. The van der Waals surface area contributed by atoms with Crippen LogP contribution in [0.15, 0.2) is 0 Å². The van der Waals surface area contributed by atoms with Crippen molar-refractivity contribution in [3.8, 4) is 0 Å². The Morgan fingerprint density at radius 1 is 1.30 bits per heavy atom. The van der Waals surface area contributed by atoms with Gasteiger partial charge in [-0.15, -0.1) is 0 Å². The van der Waals surface area contributed by atoms with Gasteiger partial charge in [0.2, 0.25) is 5.91 Å². The highest BCUT2D eigenvalue weighted by Gasteiger charge is 2.43. The number of carboxylic acids is 1. The number of carboxylic acid groups (broad SMARTS) is 1. The molecule has 0 aromatic heterocycles. The molecule has 20 heavy (non-hydrogen) atoms. The molecular weight excluding hydrogens is 258 g/mol. The Kier molecular flexibility index (Phi) is 5.02. The van der Waals surface area contributed by atoms with Crippen LogP contribution in [-0.2, 0) is 14.3 Å². The van der Waals surface area contributed by atoms with Crippen LogP contribution in [0.3, 0.4) is 0 Å². The van der Waals surface area contributed by atoms with E-state index in [9.17, 15) is 9.59 Å². The molecule has 0 aromatic carbocycles. The minimum absolute atomic E-state index is 0.0492. The predicted octanol–water partition coefficient (Wildman–Crippen LogP) is 1.95. The number of aliphatic carboxylic acids is 1. The van der Waals surface area contributed by atoms with Crippen molar-refractivity contribution in [2.45, 2.75) is 57.9 Å². The quantitative estimate of drug-likeness (QED) is 0.700. The fraction of sp³-hybridized carbons (Fsp3) is 0.867. The third-order valence-electron chi connectivity index (χ3n) is 4.79. The Hall–Kier alpha value is -1.10. The molecule has 2 aliphatic carbocycles. The number of carbonyl (C=O) groups excluding carboxylic acids is 1. The van der Waals surface area contributed by atoms with Crippen molar-refractivity contribution in [3.05, 3.63) is 0 Å². The van der Waals surface area contributed by atoms with Crippen LogP contribution in [-0.4, -0.2) is 36.2 Å². The Morgan fingerprint density at radius 3 is 2.50 bits per heavy atom. The summed E-state index contributed by atoms with van der Waals surface area (Å²) in [5.74, 6) is -0.908. The zero-order valence-corrected chi connectivity index (χ0v) is 12.2. The van der Waals surface area contributed by atoms with E-state index in [-0.39, 0.29) is 23.3 Å². The van der Waals surface area contributed by atoms with Crippen LogP contribution in [0.4, 0.5) is 0 Å². The molecule has 5 nitrogen and oxygen atoms in total. The van der Waals surface area contributed by atoms with Crippen LogP contribution >= 0.6 is 0 Å². The second kappa shape index (κ2) is 6.57. The van der Waals surface area contributed by atoms with Crippen molar-refractivity contribution in [1.82, 2.24) is 5.32 Å². The molecule has 0 bridgehead atoms. The van der Waals surface area contributed by atoms with Crippen LogP contribution in [0.5, 0.6) is 0 Å². The standard InChI is InChI=1S/C15H25NO4/c1-2-20-8-7-15(5-3-4-6-15)14(19)16-12-9-11(10-12)13(17)18/h11-12H,2-10H2,1H3,(H,16,19)(H,17,18). The van der Waals surface area contributed by atoms with Gasteiger partial charge in [-0.1, -0.05) is 12.8 Å². The summed E-state index contributed by atoms with van der Waals surface area (Å²) in [6.07, 6.45) is 5.98. The van der Waals surface area contributed by atoms with E-state index < -0.39 is 5.97 Å². The minimum Gasteiger partial charge on any atom is -0.481 e. The molecule has 0 spiro atoms. The van der Waals surface area contributed by atoms with Crippen LogP contribution in [0.25, 0.3) is 0 Å². The topological polar surface area (TPSA) is 75.6 Å². The smallest absolute Gasteiger partial charge is 0.306 e. The number of hydrogen-bond acceptors (Lipinski definition) is 3. The minimum atomic E-state index is -0.748. The first kappa shape index (κ1) is 15.3. The van der Waals surface area contributed by atoms with E-state index in [4.69, 9.17) is 9.84 Å². The fourth-order valence-corrected chi connectivity index (χ4v) is 3.33. The van der Waals surface area contributed by atoms with Gasteiger partial charge in [0.05, 0.1) is 11.3 Å². The Balaban J connectivity index is 1.83. The summed E-state index contributed by atoms with van der Waals surface area (Å²) in [4.78, 5) is 23.3. The van der Waals surface area contributed by atoms with Crippen molar-refractivity contribution in [1.29, 1.82) is 0 Å². The average molecular weight is 283 g/mol. The van der Waals surface area contributed by atoms with Crippen molar-refractivity contribution in [2.75, 3.05) is 13.2 Å². The van der Waals surface area contributed by atoms with Gasteiger partial charge >= 0.3 is 5.97 Å². The van der Waals surface area contributed by atoms with Gasteiger partial charge in [-0.2, -0.15) is 0 Å². The molecule has 0 unspecified atom stereocenters. The fourth-order valence-electron chi connectivity index (χ4n) is 3.33. The lowest BCUT2D eigenvalue weighted by atomic mass is 9.77. The summed E-state index contributed by atoms with van der Waals surface area (Å²) in [6, 6.07) is 0.0492. The van der Waals surface area contributed by atoms with Crippen LogP contribution in [0, 0.1) is 11.3 Å². The number of rotatable bonds is 7. The van der Waals surface area contributed by atoms with E-state index in [1.54, 1.807) is 0 Å². The predicted molar refractivity (Wildman–Crippen MR) is 74.3 cm³/mol. The summed E-state index contributed by atoms with van der Waals surface area (Å²) < 4.78 is 5.41. The maximum atomic E-state index is 12.5. The van der Waals surface area contributed by atoms with Gasteiger partial charge in [0.15, 0.2) is 0 Å². The largest absolute Gasteiger partial charge is 0.481 e.